The fraction of sp³-hybridized carbons (Fsp3) is 0.571. The Labute approximate surface area is 99.2 Å². The molecule has 1 rings (SSSR count). The molecular weight excluding hydrogens is 196 g/mol. The van der Waals surface area contributed by atoms with Crippen LogP contribution in [0.3, 0.4) is 0 Å². The third-order valence-corrected chi connectivity index (χ3v) is 3.04. The van der Waals surface area contributed by atoms with E-state index in [-0.39, 0.29) is 0 Å². The van der Waals surface area contributed by atoms with Crippen molar-refractivity contribution in [3.05, 3.63) is 35.4 Å². The van der Waals surface area contributed by atoms with Crippen molar-refractivity contribution in [3.8, 4) is 0 Å². The first kappa shape index (κ1) is 13.2. The molecule has 90 valence electrons. The lowest BCUT2D eigenvalue weighted by molar-refractivity contribution is 0.387. The molecule has 1 atom stereocenters. The maximum atomic E-state index is 5.63. The van der Waals surface area contributed by atoms with Crippen LogP contribution in [0.15, 0.2) is 24.3 Å². The Kier molecular flexibility index (Phi) is 5.50. The van der Waals surface area contributed by atoms with E-state index >= 15 is 0 Å². The van der Waals surface area contributed by atoms with Crippen molar-refractivity contribution in [2.24, 2.45) is 11.7 Å². The van der Waals surface area contributed by atoms with Crippen LogP contribution in [-0.4, -0.2) is 6.04 Å². The predicted molar refractivity (Wildman–Crippen MR) is 70.1 cm³/mol. The van der Waals surface area contributed by atoms with Gasteiger partial charge in [0.2, 0.25) is 0 Å². The van der Waals surface area contributed by atoms with Gasteiger partial charge in [-0.15, -0.1) is 0 Å². The third-order valence-electron chi connectivity index (χ3n) is 3.04. The highest BCUT2D eigenvalue weighted by molar-refractivity contribution is 5.23. The summed E-state index contributed by atoms with van der Waals surface area (Å²) in [5.74, 6) is 0.683. The van der Waals surface area contributed by atoms with Crippen molar-refractivity contribution in [2.75, 3.05) is 0 Å². The third kappa shape index (κ3) is 3.95. The van der Waals surface area contributed by atoms with Gasteiger partial charge in [0.25, 0.3) is 0 Å². The molecule has 1 unspecified atom stereocenters. The zero-order chi connectivity index (χ0) is 12.0. The van der Waals surface area contributed by atoms with Crippen LogP contribution in [-0.2, 0) is 13.1 Å². The Balaban J connectivity index is 2.53. The van der Waals surface area contributed by atoms with E-state index in [2.05, 4.69) is 50.4 Å². The molecule has 2 nitrogen and oxygen atoms in total. The summed E-state index contributed by atoms with van der Waals surface area (Å²) in [4.78, 5) is 0. The Morgan fingerprint density at radius 3 is 2.50 bits per heavy atom. The van der Waals surface area contributed by atoms with Crippen molar-refractivity contribution >= 4 is 0 Å². The summed E-state index contributed by atoms with van der Waals surface area (Å²) in [5, 5.41) is 3.60. The summed E-state index contributed by atoms with van der Waals surface area (Å²) in [7, 11) is 0. The molecule has 3 N–H and O–H groups in total. The normalized spacial score (nSPS) is 13.1. The van der Waals surface area contributed by atoms with E-state index in [9.17, 15) is 0 Å². The molecule has 16 heavy (non-hydrogen) atoms. The van der Waals surface area contributed by atoms with E-state index in [0.29, 0.717) is 18.5 Å². The summed E-state index contributed by atoms with van der Waals surface area (Å²) in [6.07, 6.45) is 1.17. The SMILES string of the molecule is CCC(NCc1cccc(CN)c1)C(C)C. The number of hydrogen-bond donors (Lipinski definition) is 2. The van der Waals surface area contributed by atoms with Crippen LogP contribution in [0.25, 0.3) is 0 Å². The topological polar surface area (TPSA) is 38.0 Å². The summed E-state index contributed by atoms with van der Waals surface area (Å²) in [6, 6.07) is 9.08. The largest absolute Gasteiger partial charge is 0.326 e. The fourth-order valence-corrected chi connectivity index (χ4v) is 1.97. The van der Waals surface area contributed by atoms with Crippen LogP contribution in [0.5, 0.6) is 0 Å². The molecule has 0 aromatic heterocycles. The van der Waals surface area contributed by atoms with Crippen LogP contribution in [0.1, 0.15) is 38.3 Å². The molecule has 0 aliphatic rings. The molecule has 2 heteroatoms. The molecule has 0 heterocycles. The molecule has 0 saturated carbocycles. The van der Waals surface area contributed by atoms with Crippen LogP contribution in [0.4, 0.5) is 0 Å². The lowest BCUT2D eigenvalue weighted by Gasteiger charge is -2.20. The molecule has 0 aliphatic heterocycles. The van der Waals surface area contributed by atoms with Gasteiger partial charge in [-0.3, -0.25) is 0 Å². The van der Waals surface area contributed by atoms with Crippen molar-refractivity contribution in [2.45, 2.75) is 46.3 Å². The van der Waals surface area contributed by atoms with Crippen molar-refractivity contribution in [1.29, 1.82) is 0 Å². The minimum Gasteiger partial charge on any atom is -0.326 e. The zero-order valence-electron chi connectivity index (χ0n) is 10.7. The minimum absolute atomic E-state index is 0.599. The maximum absolute atomic E-state index is 5.63. The van der Waals surface area contributed by atoms with Crippen molar-refractivity contribution in [3.63, 3.8) is 0 Å². The molecule has 0 aliphatic carbocycles. The lowest BCUT2D eigenvalue weighted by atomic mass is 10.0. The van der Waals surface area contributed by atoms with Gasteiger partial charge in [-0.2, -0.15) is 0 Å². The van der Waals surface area contributed by atoms with Crippen LogP contribution in [0, 0.1) is 5.92 Å². The van der Waals surface area contributed by atoms with Gasteiger partial charge in [-0.1, -0.05) is 45.0 Å². The number of hydrogen-bond acceptors (Lipinski definition) is 2. The van der Waals surface area contributed by atoms with Gasteiger partial charge in [0.05, 0.1) is 0 Å². The van der Waals surface area contributed by atoms with Crippen LogP contribution < -0.4 is 11.1 Å². The van der Waals surface area contributed by atoms with E-state index in [1.165, 1.54) is 17.5 Å². The Hall–Kier alpha value is -0.860. The van der Waals surface area contributed by atoms with Gasteiger partial charge in [0, 0.05) is 19.1 Å². The van der Waals surface area contributed by atoms with Crippen molar-refractivity contribution in [1.82, 2.24) is 5.32 Å². The monoisotopic (exact) mass is 220 g/mol. The molecule has 0 saturated heterocycles. The van der Waals surface area contributed by atoms with E-state index < -0.39 is 0 Å². The zero-order valence-corrected chi connectivity index (χ0v) is 10.7. The second-order valence-electron chi connectivity index (χ2n) is 4.66. The quantitative estimate of drug-likeness (QED) is 0.773. The smallest absolute Gasteiger partial charge is 0.0208 e. The molecule has 0 fully saturated rings. The van der Waals surface area contributed by atoms with Crippen LogP contribution >= 0.6 is 0 Å². The summed E-state index contributed by atoms with van der Waals surface area (Å²) in [5.41, 5.74) is 8.16. The molecule has 0 radical (unpaired) electrons. The molecule has 1 aromatic rings. The molecule has 0 spiro atoms. The van der Waals surface area contributed by atoms with Gasteiger partial charge in [-0.05, 0) is 23.5 Å². The number of nitrogens with one attached hydrogen (secondary N) is 1. The number of rotatable bonds is 6. The Morgan fingerprint density at radius 1 is 1.25 bits per heavy atom. The average Bonchev–Trinajstić information content (AvgIpc) is 2.29. The van der Waals surface area contributed by atoms with E-state index in [4.69, 9.17) is 5.73 Å². The van der Waals surface area contributed by atoms with E-state index in [0.717, 1.165) is 6.54 Å². The lowest BCUT2D eigenvalue weighted by Crippen LogP contribution is -2.32. The summed E-state index contributed by atoms with van der Waals surface area (Å²) in [6.45, 7) is 8.31. The number of benzene rings is 1. The minimum atomic E-state index is 0.599. The van der Waals surface area contributed by atoms with Gasteiger partial charge in [0.1, 0.15) is 0 Å². The fourth-order valence-electron chi connectivity index (χ4n) is 1.97. The first-order valence-corrected chi connectivity index (χ1v) is 6.18. The first-order valence-electron chi connectivity index (χ1n) is 6.18. The van der Waals surface area contributed by atoms with Gasteiger partial charge in [0.15, 0.2) is 0 Å². The van der Waals surface area contributed by atoms with Gasteiger partial charge in [-0.25, -0.2) is 0 Å². The summed E-state index contributed by atoms with van der Waals surface area (Å²) < 4.78 is 0. The highest BCUT2D eigenvalue weighted by atomic mass is 14.9. The Morgan fingerprint density at radius 2 is 1.94 bits per heavy atom. The second kappa shape index (κ2) is 6.66. The van der Waals surface area contributed by atoms with E-state index in [1.807, 2.05) is 0 Å². The molecular formula is C14H24N2. The van der Waals surface area contributed by atoms with Gasteiger partial charge < -0.3 is 11.1 Å². The predicted octanol–water partition coefficient (Wildman–Crippen LogP) is 2.67. The van der Waals surface area contributed by atoms with E-state index in [1.54, 1.807) is 0 Å². The highest BCUT2D eigenvalue weighted by Crippen LogP contribution is 2.08. The van der Waals surface area contributed by atoms with Crippen molar-refractivity contribution < 1.29 is 0 Å². The molecule has 1 aromatic carbocycles. The van der Waals surface area contributed by atoms with Gasteiger partial charge >= 0.3 is 0 Å². The average molecular weight is 220 g/mol. The van der Waals surface area contributed by atoms with Crippen LogP contribution in [0.2, 0.25) is 0 Å². The number of nitrogens with two attached hydrogens (primary N) is 1. The summed E-state index contributed by atoms with van der Waals surface area (Å²) >= 11 is 0. The second-order valence-corrected chi connectivity index (χ2v) is 4.66. The highest BCUT2D eigenvalue weighted by Gasteiger charge is 2.09. The first-order chi connectivity index (χ1) is 7.67. The maximum Gasteiger partial charge on any atom is 0.0208 e. The molecule has 0 amide bonds. The Bertz CT molecular complexity index is 307. The molecule has 0 bridgehead atoms. The standard InChI is InChI=1S/C14H24N2/c1-4-14(11(2)3)16-10-13-7-5-6-12(8-13)9-15/h5-8,11,14,16H,4,9-10,15H2,1-3H3.